The van der Waals surface area contributed by atoms with E-state index in [-0.39, 0.29) is 5.82 Å². The lowest BCUT2D eigenvalue weighted by molar-refractivity contribution is 0.00193. The number of rotatable bonds is 6. The van der Waals surface area contributed by atoms with Crippen LogP contribution in [0.3, 0.4) is 0 Å². The van der Waals surface area contributed by atoms with Crippen LogP contribution in [-0.4, -0.2) is 32.3 Å². The number of halogens is 1. The lowest BCUT2D eigenvalue weighted by Crippen LogP contribution is -1.95. The van der Waals surface area contributed by atoms with E-state index in [0.717, 1.165) is 33.4 Å². The number of allylic oxidation sites excluding steroid dienone is 3. The first kappa shape index (κ1) is 19.4. The molecule has 0 atom stereocenters. The fraction of sp³-hybridized carbons (Fsp3) is 0.227. The molecule has 3 rings (SSSR count). The van der Waals surface area contributed by atoms with E-state index < -0.39 is 0 Å². The summed E-state index contributed by atoms with van der Waals surface area (Å²) in [5.74, 6) is 1.33. The van der Waals surface area contributed by atoms with Gasteiger partial charge in [0.2, 0.25) is 5.75 Å². The van der Waals surface area contributed by atoms with Gasteiger partial charge in [-0.2, -0.15) is 4.79 Å². The minimum atomic E-state index is -0.306. The Morgan fingerprint density at radius 2 is 1.68 bits per heavy atom. The molecule has 0 saturated heterocycles. The number of fused-ring (bicyclic) bond motifs is 1. The lowest BCUT2D eigenvalue weighted by Gasteiger charge is -2.13. The molecule has 1 aliphatic carbocycles. The molecule has 6 heteroatoms. The fourth-order valence-electron chi connectivity index (χ4n) is 3.50. The number of hydrogen-bond acceptors (Lipinski definition) is 3. The van der Waals surface area contributed by atoms with Crippen molar-refractivity contribution in [3.63, 3.8) is 0 Å². The van der Waals surface area contributed by atoms with Crippen molar-refractivity contribution < 1.29 is 23.4 Å². The lowest BCUT2D eigenvalue weighted by atomic mass is 10.00. The third-order valence-corrected chi connectivity index (χ3v) is 4.83. The molecule has 0 spiro atoms. The number of methoxy groups -OCH3 is 3. The van der Waals surface area contributed by atoms with E-state index in [0.29, 0.717) is 23.7 Å². The number of benzene rings is 2. The first-order valence-electron chi connectivity index (χ1n) is 8.72. The van der Waals surface area contributed by atoms with Crippen molar-refractivity contribution in [2.75, 3.05) is 21.3 Å². The van der Waals surface area contributed by atoms with E-state index in [1.807, 2.05) is 25.1 Å². The van der Waals surface area contributed by atoms with Gasteiger partial charge in [-0.15, -0.1) is 0 Å². The van der Waals surface area contributed by atoms with Crippen LogP contribution in [0.25, 0.3) is 22.8 Å². The van der Waals surface area contributed by atoms with Crippen LogP contribution in [0.4, 0.5) is 4.39 Å². The maximum atomic E-state index is 13.8. The second kappa shape index (κ2) is 8.11. The number of hydrogen-bond donors (Lipinski definition) is 0. The molecule has 0 aliphatic heterocycles. The van der Waals surface area contributed by atoms with Gasteiger partial charge < -0.3 is 19.7 Å². The van der Waals surface area contributed by atoms with E-state index in [4.69, 9.17) is 19.7 Å². The standard InChI is InChI=1S/C22H21FN2O3/c1-13-16(7-8-25-24)19-12-15(23)5-6-17(19)18(13)9-14-10-20(26-2)22(28-4)21(11-14)27-3/h5-6,8-12H,7H2,1-4H3. The summed E-state index contributed by atoms with van der Waals surface area (Å²) in [7, 11) is 4.70. The molecule has 0 bridgehead atoms. The van der Waals surface area contributed by atoms with E-state index in [9.17, 15) is 4.39 Å². The van der Waals surface area contributed by atoms with Gasteiger partial charge in [0.15, 0.2) is 11.5 Å². The van der Waals surface area contributed by atoms with Gasteiger partial charge in [-0.3, -0.25) is 0 Å². The summed E-state index contributed by atoms with van der Waals surface area (Å²) in [6.45, 7) is 1.97. The van der Waals surface area contributed by atoms with Crippen LogP contribution in [0.15, 0.2) is 35.9 Å². The topological polar surface area (TPSA) is 64.1 Å². The summed E-state index contributed by atoms with van der Waals surface area (Å²) in [6, 6.07) is 8.44. The van der Waals surface area contributed by atoms with Crippen molar-refractivity contribution >= 4 is 23.4 Å². The first-order chi connectivity index (χ1) is 13.5. The van der Waals surface area contributed by atoms with Gasteiger partial charge in [0, 0.05) is 0 Å². The second-order valence-corrected chi connectivity index (χ2v) is 6.31. The third kappa shape index (κ3) is 3.42. The molecule has 0 unspecified atom stereocenters. The summed E-state index contributed by atoms with van der Waals surface area (Å²) in [5.41, 5.74) is 14.3. The van der Waals surface area contributed by atoms with Crippen molar-refractivity contribution in [1.29, 1.82) is 0 Å². The van der Waals surface area contributed by atoms with Gasteiger partial charge in [-0.05, 0) is 70.7 Å². The largest absolute Gasteiger partial charge is 0.493 e. The predicted molar refractivity (Wildman–Crippen MR) is 107 cm³/mol. The monoisotopic (exact) mass is 380 g/mol. The number of ether oxygens (including phenoxy) is 3. The van der Waals surface area contributed by atoms with Crippen molar-refractivity contribution in [3.8, 4) is 17.2 Å². The molecule has 144 valence electrons. The Hall–Kier alpha value is -3.37. The molecule has 5 nitrogen and oxygen atoms in total. The SMILES string of the molecule is COc1cc(C=C2C(C)=C(CC=[N+]=[N-])c3cc(F)ccc32)cc(OC)c1OC. The van der Waals surface area contributed by atoms with Crippen molar-refractivity contribution in [3.05, 3.63) is 63.9 Å². The van der Waals surface area contributed by atoms with Crippen LogP contribution in [-0.2, 0) is 0 Å². The molecule has 0 saturated carbocycles. The summed E-state index contributed by atoms with van der Waals surface area (Å²) < 4.78 is 30.1. The molecule has 0 aromatic heterocycles. The van der Waals surface area contributed by atoms with Gasteiger partial charge in [0.1, 0.15) is 5.82 Å². The van der Waals surface area contributed by atoms with Crippen LogP contribution in [0, 0.1) is 5.82 Å². The molecule has 0 fully saturated rings. The Morgan fingerprint density at radius 1 is 1.00 bits per heavy atom. The second-order valence-electron chi connectivity index (χ2n) is 6.31. The molecule has 0 heterocycles. The highest BCUT2D eigenvalue weighted by atomic mass is 19.1. The smallest absolute Gasteiger partial charge is 0.261 e. The maximum absolute atomic E-state index is 13.8. The predicted octanol–water partition coefficient (Wildman–Crippen LogP) is 4.87. The zero-order valence-corrected chi connectivity index (χ0v) is 16.2. The van der Waals surface area contributed by atoms with Crippen LogP contribution >= 0.6 is 0 Å². The third-order valence-electron chi connectivity index (χ3n) is 4.83. The van der Waals surface area contributed by atoms with Crippen LogP contribution in [0.5, 0.6) is 17.2 Å². The molecule has 2 aromatic rings. The Bertz CT molecular complexity index is 1010. The van der Waals surface area contributed by atoms with E-state index in [2.05, 4.69) is 4.79 Å². The minimum Gasteiger partial charge on any atom is -0.493 e. The molecule has 0 N–H and O–H groups in total. The molecule has 0 radical (unpaired) electrons. The normalized spacial score (nSPS) is 14.0. The molecule has 28 heavy (non-hydrogen) atoms. The Labute approximate surface area is 163 Å². The average molecular weight is 380 g/mol. The minimum absolute atomic E-state index is 0.306. The zero-order valence-electron chi connectivity index (χ0n) is 16.2. The van der Waals surface area contributed by atoms with E-state index in [1.165, 1.54) is 18.3 Å². The van der Waals surface area contributed by atoms with Crippen LogP contribution < -0.4 is 14.2 Å². The highest BCUT2D eigenvalue weighted by molar-refractivity contribution is 6.06. The summed E-state index contributed by atoms with van der Waals surface area (Å²) in [5, 5.41) is 0. The van der Waals surface area contributed by atoms with E-state index in [1.54, 1.807) is 27.4 Å². The molecular weight excluding hydrogens is 359 g/mol. The van der Waals surface area contributed by atoms with Crippen molar-refractivity contribution in [2.45, 2.75) is 13.3 Å². The number of nitrogens with zero attached hydrogens (tertiary/aromatic N) is 2. The Morgan fingerprint density at radius 3 is 2.25 bits per heavy atom. The van der Waals surface area contributed by atoms with Crippen LogP contribution in [0.2, 0.25) is 0 Å². The quantitative estimate of drug-likeness (QED) is 0.408. The fourth-order valence-corrected chi connectivity index (χ4v) is 3.50. The summed E-state index contributed by atoms with van der Waals surface area (Å²) in [4.78, 5) is 3.08. The molecule has 0 amide bonds. The maximum Gasteiger partial charge on any atom is 0.261 e. The van der Waals surface area contributed by atoms with E-state index >= 15 is 0 Å². The average Bonchev–Trinajstić information content (AvgIpc) is 2.95. The van der Waals surface area contributed by atoms with Crippen molar-refractivity contribution in [1.82, 2.24) is 0 Å². The summed E-state index contributed by atoms with van der Waals surface area (Å²) >= 11 is 0. The van der Waals surface area contributed by atoms with Gasteiger partial charge in [0.05, 0.1) is 27.8 Å². The first-order valence-corrected chi connectivity index (χ1v) is 8.72. The van der Waals surface area contributed by atoms with Gasteiger partial charge in [0.25, 0.3) is 6.21 Å². The highest BCUT2D eigenvalue weighted by Gasteiger charge is 2.24. The molecule has 1 aliphatic rings. The van der Waals surface area contributed by atoms with Gasteiger partial charge >= 0.3 is 0 Å². The van der Waals surface area contributed by atoms with Crippen LogP contribution in [0.1, 0.15) is 30.0 Å². The van der Waals surface area contributed by atoms with Gasteiger partial charge in [-0.1, -0.05) is 6.07 Å². The summed E-state index contributed by atoms with van der Waals surface area (Å²) in [6.07, 6.45) is 3.81. The Balaban J connectivity index is 2.19. The van der Waals surface area contributed by atoms with Gasteiger partial charge in [-0.25, -0.2) is 4.39 Å². The van der Waals surface area contributed by atoms with Crippen molar-refractivity contribution in [2.24, 2.45) is 0 Å². The Kier molecular flexibility index (Phi) is 5.62. The molecular formula is C22H21FN2O3. The highest BCUT2D eigenvalue weighted by Crippen LogP contribution is 2.45. The zero-order chi connectivity index (χ0) is 20.3. The molecule has 2 aromatic carbocycles.